The minimum absolute atomic E-state index is 0.193. The smallest absolute Gasteiger partial charge is 0.407 e. The number of aliphatic hydroxyl groups excluding tert-OH is 1. The molecule has 8 heteroatoms. The maximum Gasteiger partial charge on any atom is 0.407 e. The Kier molecular flexibility index (Phi) is 7.85. The van der Waals surface area contributed by atoms with E-state index in [4.69, 9.17) is 14.2 Å². The van der Waals surface area contributed by atoms with Crippen molar-refractivity contribution in [1.29, 1.82) is 0 Å². The molecule has 1 aliphatic rings. The number of carbonyl (C=O) groups excluding carboxylic acids is 2. The van der Waals surface area contributed by atoms with E-state index in [-0.39, 0.29) is 6.61 Å². The van der Waals surface area contributed by atoms with Crippen LogP contribution >= 0.6 is 0 Å². The lowest BCUT2D eigenvalue weighted by Crippen LogP contribution is -2.35. The van der Waals surface area contributed by atoms with Crippen LogP contribution in [-0.4, -0.2) is 53.3 Å². The van der Waals surface area contributed by atoms with Gasteiger partial charge in [0.1, 0.15) is 23.6 Å². The van der Waals surface area contributed by atoms with Gasteiger partial charge in [-0.25, -0.2) is 9.59 Å². The third kappa shape index (κ3) is 8.10. The Labute approximate surface area is 206 Å². The Morgan fingerprint density at radius 3 is 2.23 bits per heavy atom. The van der Waals surface area contributed by atoms with Gasteiger partial charge in [-0.3, -0.25) is 4.99 Å². The van der Waals surface area contributed by atoms with Crippen molar-refractivity contribution < 1.29 is 28.9 Å². The van der Waals surface area contributed by atoms with Gasteiger partial charge in [-0.05, 0) is 76.4 Å². The zero-order chi connectivity index (χ0) is 25.8. The fraction of sp³-hybridized carbons (Fsp3) is 0.444. The van der Waals surface area contributed by atoms with Crippen LogP contribution in [0, 0.1) is 0 Å². The highest BCUT2D eigenvalue weighted by molar-refractivity contribution is 5.97. The number of aliphatic imine (C=N–C) groups is 1. The van der Waals surface area contributed by atoms with E-state index in [1.165, 1.54) is 0 Å². The summed E-state index contributed by atoms with van der Waals surface area (Å²) in [6.45, 7) is 10.8. The Morgan fingerprint density at radius 2 is 1.60 bits per heavy atom. The van der Waals surface area contributed by atoms with Gasteiger partial charge in [0.15, 0.2) is 6.10 Å². The molecule has 188 valence electrons. The van der Waals surface area contributed by atoms with Crippen molar-refractivity contribution in [2.45, 2.75) is 65.3 Å². The molecule has 0 bridgehead atoms. The van der Waals surface area contributed by atoms with E-state index >= 15 is 0 Å². The molecule has 0 spiro atoms. The normalized spacial score (nSPS) is 14.0. The number of amides is 1. The molecule has 0 aromatic heterocycles. The fourth-order valence-corrected chi connectivity index (χ4v) is 3.37. The van der Waals surface area contributed by atoms with E-state index < -0.39 is 29.4 Å². The molecular formula is C27H34N2O6. The van der Waals surface area contributed by atoms with E-state index in [2.05, 4.69) is 10.3 Å². The van der Waals surface area contributed by atoms with Gasteiger partial charge in [0.2, 0.25) is 0 Å². The van der Waals surface area contributed by atoms with Crippen molar-refractivity contribution in [2.24, 2.45) is 4.99 Å². The quantitative estimate of drug-likeness (QED) is 0.559. The number of carbonyl (C=O) groups is 2. The van der Waals surface area contributed by atoms with Crippen molar-refractivity contribution in [2.75, 3.05) is 13.2 Å². The van der Waals surface area contributed by atoms with Crippen molar-refractivity contribution >= 4 is 23.5 Å². The molecule has 1 aliphatic heterocycles. The molecule has 1 atom stereocenters. The predicted molar refractivity (Wildman–Crippen MR) is 134 cm³/mol. The first-order valence-electron chi connectivity index (χ1n) is 11.6. The first kappa shape index (κ1) is 26.2. The summed E-state index contributed by atoms with van der Waals surface area (Å²) in [6.07, 6.45) is -1.14. The van der Waals surface area contributed by atoms with Gasteiger partial charge < -0.3 is 24.6 Å². The summed E-state index contributed by atoms with van der Waals surface area (Å²) < 4.78 is 16.0. The molecule has 0 aliphatic carbocycles. The van der Waals surface area contributed by atoms with Crippen LogP contribution in [-0.2, 0) is 20.7 Å². The number of hydrogen-bond acceptors (Lipinski definition) is 7. The molecule has 0 unspecified atom stereocenters. The molecule has 1 heterocycles. The second kappa shape index (κ2) is 10.5. The summed E-state index contributed by atoms with van der Waals surface area (Å²) in [4.78, 5) is 28.4. The number of alkyl carbamates (subject to hydrolysis) is 1. The number of esters is 1. The van der Waals surface area contributed by atoms with E-state index in [1.54, 1.807) is 32.9 Å². The topological polar surface area (TPSA) is 106 Å². The molecule has 8 nitrogen and oxygen atoms in total. The monoisotopic (exact) mass is 482 g/mol. The minimum atomic E-state index is -1.36. The Hall–Kier alpha value is -3.39. The van der Waals surface area contributed by atoms with E-state index in [0.29, 0.717) is 18.7 Å². The number of benzene rings is 2. The lowest BCUT2D eigenvalue weighted by Gasteiger charge is -2.21. The fourth-order valence-electron chi connectivity index (χ4n) is 3.37. The van der Waals surface area contributed by atoms with Gasteiger partial charge in [0.05, 0.1) is 12.2 Å². The van der Waals surface area contributed by atoms with Crippen LogP contribution in [0.2, 0.25) is 0 Å². The molecule has 0 radical (unpaired) electrons. The SMILES string of the molecule is CC(C)(C)OC(=O)NCC1=Nc2cc(-c3ccc(OC[C@@H](O)C(=O)OC(C)(C)C)cc3)ccc2C1. The van der Waals surface area contributed by atoms with Gasteiger partial charge in [-0.2, -0.15) is 0 Å². The average Bonchev–Trinajstić information content (AvgIpc) is 3.16. The van der Waals surface area contributed by atoms with Crippen LogP contribution in [0.4, 0.5) is 10.5 Å². The predicted octanol–water partition coefficient (Wildman–Crippen LogP) is 4.59. The van der Waals surface area contributed by atoms with Crippen LogP contribution in [0.3, 0.4) is 0 Å². The van der Waals surface area contributed by atoms with E-state index in [9.17, 15) is 14.7 Å². The molecule has 35 heavy (non-hydrogen) atoms. The standard InChI is InChI=1S/C27H34N2O6/c1-26(2,3)34-24(31)23(30)16-33-21-11-9-17(10-12-21)18-7-8-19-13-20(29-22(19)14-18)15-28-25(32)35-27(4,5)6/h7-12,14,23,30H,13,15-16H2,1-6H3,(H,28,32)/t23-/m1/s1. The highest BCUT2D eigenvalue weighted by Crippen LogP contribution is 2.32. The lowest BCUT2D eigenvalue weighted by molar-refractivity contribution is -0.166. The van der Waals surface area contributed by atoms with Crippen LogP contribution in [0.5, 0.6) is 5.75 Å². The summed E-state index contributed by atoms with van der Waals surface area (Å²) in [5.74, 6) is -0.181. The first-order chi connectivity index (χ1) is 16.3. The van der Waals surface area contributed by atoms with Crippen molar-refractivity contribution in [1.82, 2.24) is 5.32 Å². The summed E-state index contributed by atoms with van der Waals surface area (Å²) in [5, 5.41) is 12.7. The molecule has 1 amide bonds. The lowest BCUT2D eigenvalue weighted by atomic mass is 10.0. The van der Waals surface area contributed by atoms with Crippen LogP contribution in [0.1, 0.15) is 47.1 Å². The number of fused-ring (bicyclic) bond motifs is 1. The van der Waals surface area contributed by atoms with Crippen molar-refractivity contribution in [3.63, 3.8) is 0 Å². The number of aliphatic hydroxyl groups is 1. The van der Waals surface area contributed by atoms with Gasteiger partial charge in [-0.15, -0.1) is 0 Å². The number of nitrogens with one attached hydrogen (secondary N) is 1. The van der Waals surface area contributed by atoms with Crippen LogP contribution in [0.25, 0.3) is 11.1 Å². The molecule has 2 aromatic carbocycles. The Balaban J connectivity index is 1.57. The molecule has 2 aromatic rings. The van der Waals surface area contributed by atoms with Gasteiger partial charge >= 0.3 is 12.1 Å². The molecule has 0 fully saturated rings. The molecule has 3 rings (SSSR count). The number of ether oxygens (including phenoxy) is 3. The van der Waals surface area contributed by atoms with Crippen molar-refractivity contribution in [3.8, 4) is 16.9 Å². The zero-order valence-electron chi connectivity index (χ0n) is 21.2. The van der Waals surface area contributed by atoms with Gasteiger partial charge in [0.25, 0.3) is 0 Å². The highest BCUT2D eigenvalue weighted by Gasteiger charge is 2.24. The maximum absolute atomic E-state index is 11.9. The van der Waals surface area contributed by atoms with Gasteiger partial charge in [0, 0.05) is 12.1 Å². The summed E-state index contributed by atoms with van der Waals surface area (Å²) in [6, 6.07) is 13.4. The zero-order valence-corrected chi connectivity index (χ0v) is 21.2. The second-order valence-electron chi connectivity index (χ2n) is 10.4. The minimum Gasteiger partial charge on any atom is -0.490 e. The van der Waals surface area contributed by atoms with E-state index in [0.717, 1.165) is 28.1 Å². The van der Waals surface area contributed by atoms with E-state index in [1.807, 2.05) is 51.1 Å². The maximum atomic E-state index is 11.9. The summed E-state index contributed by atoms with van der Waals surface area (Å²) in [5.41, 5.74) is 3.61. The molecule has 0 saturated heterocycles. The molecule has 2 N–H and O–H groups in total. The highest BCUT2D eigenvalue weighted by atomic mass is 16.6. The Bertz CT molecular complexity index is 1090. The largest absolute Gasteiger partial charge is 0.490 e. The summed E-state index contributed by atoms with van der Waals surface area (Å²) in [7, 11) is 0. The first-order valence-corrected chi connectivity index (χ1v) is 11.6. The summed E-state index contributed by atoms with van der Waals surface area (Å²) >= 11 is 0. The van der Waals surface area contributed by atoms with Crippen LogP contribution < -0.4 is 10.1 Å². The third-order valence-electron chi connectivity index (χ3n) is 4.87. The second-order valence-corrected chi connectivity index (χ2v) is 10.4. The van der Waals surface area contributed by atoms with Gasteiger partial charge in [-0.1, -0.05) is 24.3 Å². The number of rotatable bonds is 7. The Morgan fingerprint density at radius 1 is 0.971 bits per heavy atom. The molecular weight excluding hydrogens is 448 g/mol. The average molecular weight is 483 g/mol. The number of nitrogens with zero attached hydrogens (tertiary/aromatic N) is 1. The van der Waals surface area contributed by atoms with Crippen LogP contribution in [0.15, 0.2) is 47.5 Å². The third-order valence-corrected chi connectivity index (χ3v) is 4.87. The van der Waals surface area contributed by atoms with Crippen molar-refractivity contribution in [3.05, 3.63) is 48.0 Å². The number of hydrogen-bond donors (Lipinski definition) is 2. The molecule has 0 saturated carbocycles.